The number of nitrogens with zero attached hydrogens (tertiary/aromatic N) is 6. The molecule has 154 valence electrons. The largest absolute Gasteiger partial charge is 0.330 e. The average molecular weight is 406 g/mol. The van der Waals surface area contributed by atoms with Gasteiger partial charge in [0.15, 0.2) is 5.82 Å². The summed E-state index contributed by atoms with van der Waals surface area (Å²) >= 11 is 0. The van der Waals surface area contributed by atoms with E-state index in [1.807, 2.05) is 28.8 Å². The fourth-order valence-electron chi connectivity index (χ4n) is 3.90. The molecule has 7 nitrogen and oxygen atoms in total. The molecule has 3 heterocycles. The molecule has 1 saturated heterocycles. The van der Waals surface area contributed by atoms with Crippen molar-refractivity contribution >= 4 is 17.5 Å². The lowest BCUT2D eigenvalue weighted by molar-refractivity contribution is 0.255. The molecule has 0 N–H and O–H groups in total. The van der Waals surface area contributed by atoms with Gasteiger partial charge < -0.3 is 4.57 Å². The second-order valence-electron chi connectivity index (χ2n) is 8.10. The minimum absolute atomic E-state index is 0.154. The van der Waals surface area contributed by atoms with Crippen LogP contribution in [-0.4, -0.2) is 38.9 Å². The van der Waals surface area contributed by atoms with Crippen molar-refractivity contribution in [2.24, 2.45) is 0 Å². The summed E-state index contributed by atoms with van der Waals surface area (Å²) in [6.45, 7) is 5.15. The van der Waals surface area contributed by atoms with Crippen LogP contribution in [0.25, 0.3) is 11.5 Å². The van der Waals surface area contributed by atoms with E-state index >= 15 is 0 Å². The summed E-state index contributed by atoms with van der Waals surface area (Å²) < 4.78 is 16.1. The van der Waals surface area contributed by atoms with Gasteiger partial charge in [-0.15, -0.1) is 10.2 Å². The number of hydrogen-bond acceptors (Lipinski definition) is 4. The van der Waals surface area contributed by atoms with Gasteiger partial charge in [-0.05, 0) is 68.5 Å². The summed E-state index contributed by atoms with van der Waals surface area (Å²) in [6, 6.07) is 10.6. The third-order valence-electron chi connectivity index (χ3n) is 5.69. The molecular weight excluding hydrogens is 383 g/mol. The number of benzene rings is 1. The van der Waals surface area contributed by atoms with Gasteiger partial charge in [0.1, 0.15) is 23.7 Å². The first-order valence-electron chi connectivity index (χ1n) is 10.3. The van der Waals surface area contributed by atoms with E-state index < -0.39 is 0 Å². The normalized spacial score (nSPS) is 16.7. The highest BCUT2D eigenvalue weighted by Gasteiger charge is 2.33. The van der Waals surface area contributed by atoms with E-state index in [1.165, 1.54) is 6.07 Å². The molecular formula is C22H23FN6O. The zero-order chi connectivity index (χ0) is 20.8. The molecule has 1 saturated carbocycles. The van der Waals surface area contributed by atoms with E-state index in [1.54, 1.807) is 22.2 Å². The third kappa shape index (κ3) is 3.22. The molecule has 30 heavy (non-hydrogen) atoms. The van der Waals surface area contributed by atoms with E-state index in [9.17, 15) is 9.18 Å². The van der Waals surface area contributed by atoms with Gasteiger partial charge >= 0.3 is 6.03 Å². The molecule has 2 amide bonds. The lowest BCUT2D eigenvalue weighted by atomic mass is 10.1. The van der Waals surface area contributed by atoms with Crippen molar-refractivity contribution in [1.29, 1.82) is 0 Å². The van der Waals surface area contributed by atoms with Crippen molar-refractivity contribution < 1.29 is 9.18 Å². The van der Waals surface area contributed by atoms with Crippen LogP contribution in [0, 0.1) is 5.82 Å². The summed E-state index contributed by atoms with van der Waals surface area (Å²) in [5.74, 6) is 1.34. The molecule has 0 bridgehead atoms. The Bertz CT molecular complexity index is 1110. The van der Waals surface area contributed by atoms with E-state index in [-0.39, 0.29) is 23.8 Å². The van der Waals surface area contributed by atoms with Crippen molar-refractivity contribution in [1.82, 2.24) is 19.7 Å². The molecule has 2 aromatic heterocycles. The highest BCUT2D eigenvalue weighted by molar-refractivity contribution is 6.05. The monoisotopic (exact) mass is 406 g/mol. The molecule has 0 atom stereocenters. The number of aromatic nitrogens is 4. The molecule has 0 unspecified atom stereocenters. The van der Waals surface area contributed by atoms with E-state index in [0.29, 0.717) is 36.0 Å². The molecule has 1 aromatic carbocycles. The Labute approximate surface area is 174 Å². The first-order chi connectivity index (χ1) is 14.5. The Morgan fingerprint density at radius 3 is 2.67 bits per heavy atom. The number of hydrogen-bond donors (Lipinski definition) is 0. The molecule has 0 radical (unpaired) electrons. The summed E-state index contributed by atoms with van der Waals surface area (Å²) in [5, 5.41) is 8.20. The summed E-state index contributed by atoms with van der Waals surface area (Å²) in [5.41, 5.74) is 2.12. The van der Waals surface area contributed by atoms with E-state index in [0.717, 1.165) is 18.5 Å². The van der Waals surface area contributed by atoms with Gasteiger partial charge in [-0.2, -0.15) is 0 Å². The zero-order valence-electron chi connectivity index (χ0n) is 17.0. The van der Waals surface area contributed by atoms with Crippen molar-refractivity contribution in [2.75, 3.05) is 22.9 Å². The van der Waals surface area contributed by atoms with Crippen molar-refractivity contribution in [3.8, 4) is 11.5 Å². The van der Waals surface area contributed by atoms with Gasteiger partial charge in [0.05, 0.1) is 0 Å². The predicted octanol–water partition coefficient (Wildman–Crippen LogP) is 4.38. The number of anilines is 2. The Morgan fingerprint density at radius 1 is 1.10 bits per heavy atom. The fraction of sp³-hybridized carbons (Fsp3) is 0.364. The van der Waals surface area contributed by atoms with Crippen LogP contribution in [0.2, 0.25) is 0 Å². The Hall–Kier alpha value is -3.29. The maximum atomic E-state index is 14.1. The highest BCUT2D eigenvalue weighted by Crippen LogP contribution is 2.42. The topological polar surface area (TPSA) is 67.2 Å². The predicted molar refractivity (Wildman–Crippen MR) is 112 cm³/mol. The number of halogens is 1. The lowest BCUT2D eigenvalue weighted by Crippen LogP contribution is -2.32. The van der Waals surface area contributed by atoms with Gasteiger partial charge in [0.2, 0.25) is 0 Å². The van der Waals surface area contributed by atoms with Gasteiger partial charge in [0, 0.05) is 24.8 Å². The van der Waals surface area contributed by atoms with Gasteiger partial charge in [0.25, 0.3) is 0 Å². The molecule has 2 fully saturated rings. The number of amides is 2. The van der Waals surface area contributed by atoms with Gasteiger partial charge in [-0.1, -0.05) is 6.07 Å². The summed E-state index contributed by atoms with van der Waals surface area (Å²) in [4.78, 5) is 21.2. The smallest absolute Gasteiger partial charge is 0.310 e. The van der Waals surface area contributed by atoms with Crippen molar-refractivity contribution in [2.45, 2.75) is 38.6 Å². The zero-order valence-corrected chi connectivity index (χ0v) is 17.0. The van der Waals surface area contributed by atoms with Crippen LogP contribution in [0.3, 0.4) is 0 Å². The maximum Gasteiger partial charge on any atom is 0.330 e. The minimum Gasteiger partial charge on any atom is -0.310 e. The molecule has 5 rings (SSSR count). The number of carbonyl (C=O) groups is 1. The average Bonchev–Trinajstić information content (AvgIpc) is 3.32. The van der Waals surface area contributed by atoms with E-state index in [2.05, 4.69) is 29.0 Å². The summed E-state index contributed by atoms with van der Waals surface area (Å²) in [7, 11) is 0. The second-order valence-corrected chi connectivity index (χ2v) is 8.10. The second kappa shape index (κ2) is 7.19. The van der Waals surface area contributed by atoms with Crippen molar-refractivity contribution in [3.63, 3.8) is 0 Å². The Kier molecular flexibility index (Phi) is 4.49. The van der Waals surface area contributed by atoms with Crippen LogP contribution in [0.5, 0.6) is 0 Å². The van der Waals surface area contributed by atoms with Gasteiger partial charge in [-0.25, -0.2) is 14.2 Å². The van der Waals surface area contributed by atoms with Gasteiger partial charge in [-0.3, -0.25) is 9.80 Å². The molecule has 8 heteroatoms. The third-order valence-corrected chi connectivity index (χ3v) is 5.69. The number of rotatable bonds is 5. The van der Waals surface area contributed by atoms with Crippen LogP contribution < -0.4 is 9.80 Å². The lowest BCUT2D eigenvalue weighted by Gasteiger charge is -2.19. The Balaban J connectivity index is 1.42. The maximum absolute atomic E-state index is 14.1. The number of urea groups is 1. The molecule has 1 aliphatic heterocycles. The van der Waals surface area contributed by atoms with Crippen molar-refractivity contribution in [3.05, 3.63) is 54.1 Å². The molecule has 0 spiro atoms. The van der Waals surface area contributed by atoms with Crippen LogP contribution in [0.4, 0.5) is 20.7 Å². The minimum atomic E-state index is -0.187. The molecule has 3 aromatic rings. The standard InChI is InChI=1S/C22H23FN6O/c1-14(2)29-13-24-26-21(29)19-4-3-5-20(25-19)28-11-10-27(22(28)30)16-8-9-18(23)17(12-16)15-6-7-15/h3-5,8-9,12-15H,6-7,10-11H2,1-2H3. The highest BCUT2D eigenvalue weighted by atomic mass is 19.1. The van der Waals surface area contributed by atoms with Crippen LogP contribution in [0.15, 0.2) is 42.7 Å². The first-order valence-corrected chi connectivity index (χ1v) is 10.3. The van der Waals surface area contributed by atoms with Crippen LogP contribution >= 0.6 is 0 Å². The summed E-state index contributed by atoms with van der Waals surface area (Å²) in [6.07, 6.45) is 3.71. The van der Waals surface area contributed by atoms with E-state index in [4.69, 9.17) is 0 Å². The quantitative estimate of drug-likeness (QED) is 0.630. The number of carbonyl (C=O) groups excluding carboxylic acids is 1. The molecule has 1 aliphatic carbocycles. The number of pyridine rings is 1. The fourth-order valence-corrected chi connectivity index (χ4v) is 3.90. The SMILES string of the molecule is CC(C)n1cnnc1-c1cccc(N2CCN(c3ccc(F)c(C4CC4)c3)C2=O)n1. The molecule has 2 aliphatic rings. The first kappa shape index (κ1) is 18.7. The van der Waals surface area contributed by atoms with Crippen LogP contribution in [0.1, 0.15) is 44.2 Å². The Morgan fingerprint density at radius 2 is 1.90 bits per heavy atom. The van der Waals surface area contributed by atoms with Crippen LogP contribution in [-0.2, 0) is 0 Å².